The van der Waals surface area contributed by atoms with Gasteiger partial charge in [-0.05, 0) is 74.9 Å². The molecular formula is C27H35N5O. The van der Waals surface area contributed by atoms with Crippen LogP contribution in [0.3, 0.4) is 0 Å². The van der Waals surface area contributed by atoms with Crippen molar-refractivity contribution in [2.24, 2.45) is 4.99 Å². The summed E-state index contributed by atoms with van der Waals surface area (Å²) in [6.45, 7) is 13.9. The Labute approximate surface area is 197 Å². The molecule has 0 aliphatic rings. The molecule has 0 aliphatic carbocycles. The number of benzene rings is 2. The quantitative estimate of drug-likeness (QED) is 0.378. The number of amides is 1. The maximum atomic E-state index is 12.9. The monoisotopic (exact) mass is 445 g/mol. The molecule has 0 aliphatic heterocycles. The Morgan fingerprint density at radius 3 is 2.36 bits per heavy atom. The van der Waals surface area contributed by atoms with Crippen molar-refractivity contribution >= 4 is 17.6 Å². The number of guanidine groups is 1. The van der Waals surface area contributed by atoms with E-state index in [9.17, 15) is 4.79 Å². The summed E-state index contributed by atoms with van der Waals surface area (Å²) in [4.78, 5) is 17.7. The molecule has 0 atom stereocenters. The fraction of sp³-hybridized carbons (Fsp3) is 0.370. The van der Waals surface area contributed by atoms with Gasteiger partial charge in [0.25, 0.3) is 5.91 Å². The molecule has 6 heteroatoms. The molecule has 6 nitrogen and oxygen atoms in total. The van der Waals surface area contributed by atoms with E-state index in [2.05, 4.69) is 55.6 Å². The molecule has 0 spiro atoms. The van der Waals surface area contributed by atoms with Crippen LogP contribution in [0.2, 0.25) is 0 Å². The van der Waals surface area contributed by atoms with Crippen molar-refractivity contribution in [3.05, 3.63) is 82.2 Å². The number of hydrogen-bond acceptors (Lipinski definition) is 3. The summed E-state index contributed by atoms with van der Waals surface area (Å²) in [6, 6.07) is 15.8. The van der Waals surface area contributed by atoms with Crippen LogP contribution in [-0.2, 0) is 13.0 Å². The van der Waals surface area contributed by atoms with Crippen molar-refractivity contribution in [3.63, 3.8) is 0 Å². The molecule has 2 N–H and O–H groups in total. The van der Waals surface area contributed by atoms with Gasteiger partial charge >= 0.3 is 0 Å². The fourth-order valence-corrected chi connectivity index (χ4v) is 3.88. The van der Waals surface area contributed by atoms with E-state index in [0.29, 0.717) is 24.0 Å². The zero-order valence-electron chi connectivity index (χ0n) is 20.6. The highest BCUT2D eigenvalue weighted by Gasteiger charge is 2.13. The van der Waals surface area contributed by atoms with E-state index in [1.54, 1.807) is 0 Å². The number of rotatable bonds is 7. The Hall–Kier alpha value is -3.41. The first kappa shape index (κ1) is 24.2. The number of aromatic nitrogens is 2. The van der Waals surface area contributed by atoms with E-state index in [1.807, 2.05) is 54.9 Å². The van der Waals surface area contributed by atoms with Gasteiger partial charge in [-0.15, -0.1) is 0 Å². The fourth-order valence-electron chi connectivity index (χ4n) is 3.88. The van der Waals surface area contributed by atoms with Crippen LogP contribution < -0.4 is 10.6 Å². The topological polar surface area (TPSA) is 71.3 Å². The van der Waals surface area contributed by atoms with Crippen LogP contribution in [0.15, 0.2) is 53.5 Å². The standard InChI is InChI=1S/C27H35N5O/c1-7-32-21(6)25(20(5)31-32)16-17-28-27(29-23-14-12-22(13-15-23)18(2)3)30-26(33)24-11-9-8-10-19(24)4/h8-15,18H,7,16-17H2,1-6H3,(H2,28,29,30,33). The molecule has 3 rings (SSSR count). The minimum Gasteiger partial charge on any atom is -0.326 e. The number of carbonyl (C=O) groups is 1. The minimum atomic E-state index is -0.177. The molecule has 1 amide bonds. The van der Waals surface area contributed by atoms with Gasteiger partial charge < -0.3 is 5.32 Å². The molecule has 0 bridgehead atoms. The molecule has 1 aromatic heterocycles. The van der Waals surface area contributed by atoms with Gasteiger partial charge in [0.2, 0.25) is 5.96 Å². The van der Waals surface area contributed by atoms with Crippen LogP contribution in [0.1, 0.15) is 65.1 Å². The van der Waals surface area contributed by atoms with Crippen LogP contribution >= 0.6 is 0 Å². The predicted molar refractivity (Wildman–Crippen MR) is 136 cm³/mol. The lowest BCUT2D eigenvalue weighted by Crippen LogP contribution is -2.36. The summed E-state index contributed by atoms with van der Waals surface area (Å²) in [5.74, 6) is 0.728. The minimum absolute atomic E-state index is 0.177. The third kappa shape index (κ3) is 6.09. The number of carbonyl (C=O) groups excluding carboxylic acids is 1. The van der Waals surface area contributed by atoms with Gasteiger partial charge in [-0.2, -0.15) is 5.10 Å². The van der Waals surface area contributed by atoms with E-state index in [1.165, 1.54) is 16.8 Å². The van der Waals surface area contributed by atoms with Crippen LogP contribution in [0, 0.1) is 20.8 Å². The number of anilines is 1. The maximum absolute atomic E-state index is 12.9. The van der Waals surface area contributed by atoms with E-state index < -0.39 is 0 Å². The first-order valence-electron chi connectivity index (χ1n) is 11.6. The van der Waals surface area contributed by atoms with E-state index in [0.717, 1.165) is 29.9 Å². The average Bonchev–Trinajstić information content (AvgIpc) is 3.07. The van der Waals surface area contributed by atoms with Gasteiger partial charge in [0.05, 0.1) is 5.69 Å². The summed E-state index contributed by atoms with van der Waals surface area (Å²) >= 11 is 0. The van der Waals surface area contributed by atoms with E-state index in [-0.39, 0.29) is 5.91 Å². The molecule has 3 aromatic rings. The summed E-state index contributed by atoms with van der Waals surface area (Å²) < 4.78 is 2.02. The third-order valence-electron chi connectivity index (χ3n) is 5.92. The molecular weight excluding hydrogens is 410 g/mol. The molecule has 1 heterocycles. The SMILES string of the molecule is CCn1nc(C)c(CCN=C(NC(=O)c2ccccc2C)Nc2ccc(C(C)C)cc2)c1C. The summed E-state index contributed by atoms with van der Waals surface area (Å²) in [6.07, 6.45) is 0.759. The highest BCUT2D eigenvalue weighted by molar-refractivity contribution is 6.10. The van der Waals surface area contributed by atoms with Crippen LogP contribution in [0.5, 0.6) is 0 Å². The molecule has 0 fully saturated rings. The second kappa shape index (κ2) is 10.9. The Balaban J connectivity index is 1.80. The Bertz CT molecular complexity index is 1130. The third-order valence-corrected chi connectivity index (χ3v) is 5.92. The summed E-state index contributed by atoms with van der Waals surface area (Å²) in [5, 5.41) is 10.9. The number of hydrogen-bond donors (Lipinski definition) is 2. The van der Waals surface area contributed by atoms with Gasteiger partial charge in [0, 0.05) is 30.0 Å². The molecule has 0 radical (unpaired) electrons. The first-order chi connectivity index (χ1) is 15.8. The largest absolute Gasteiger partial charge is 0.326 e. The second-order valence-corrected chi connectivity index (χ2v) is 8.62. The molecule has 0 unspecified atom stereocenters. The van der Waals surface area contributed by atoms with Crippen LogP contribution in [-0.4, -0.2) is 28.2 Å². The Kier molecular flexibility index (Phi) is 8.04. The van der Waals surface area contributed by atoms with Crippen molar-refractivity contribution < 1.29 is 4.79 Å². The number of aryl methyl sites for hydroxylation is 3. The Morgan fingerprint density at radius 1 is 1.06 bits per heavy atom. The van der Waals surface area contributed by atoms with Crippen molar-refractivity contribution in [2.45, 2.75) is 60.4 Å². The summed E-state index contributed by atoms with van der Waals surface area (Å²) in [5.41, 5.74) is 7.13. The van der Waals surface area contributed by atoms with Crippen molar-refractivity contribution in [1.82, 2.24) is 15.1 Å². The second-order valence-electron chi connectivity index (χ2n) is 8.62. The lowest BCUT2D eigenvalue weighted by molar-refractivity contribution is 0.0976. The number of nitrogens with one attached hydrogen (secondary N) is 2. The van der Waals surface area contributed by atoms with Crippen molar-refractivity contribution in [3.8, 4) is 0 Å². The van der Waals surface area contributed by atoms with E-state index >= 15 is 0 Å². The predicted octanol–water partition coefficient (Wildman–Crippen LogP) is 5.39. The maximum Gasteiger partial charge on any atom is 0.258 e. The zero-order valence-corrected chi connectivity index (χ0v) is 20.6. The highest BCUT2D eigenvalue weighted by atomic mass is 16.1. The molecule has 2 aromatic carbocycles. The normalized spacial score (nSPS) is 11.7. The molecule has 0 saturated carbocycles. The van der Waals surface area contributed by atoms with Crippen molar-refractivity contribution in [2.75, 3.05) is 11.9 Å². The number of aliphatic imine (C=N–C) groups is 1. The van der Waals surface area contributed by atoms with Crippen LogP contribution in [0.4, 0.5) is 5.69 Å². The summed E-state index contributed by atoms with van der Waals surface area (Å²) in [7, 11) is 0. The highest BCUT2D eigenvalue weighted by Crippen LogP contribution is 2.18. The smallest absolute Gasteiger partial charge is 0.258 e. The number of nitrogens with zero attached hydrogens (tertiary/aromatic N) is 3. The lowest BCUT2D eigenvalue weighted by atomic mass is 10.0. The molecule has 33 heavy (non-hydrogen) atoms. The van der Waals surface area contributed by atoms with Gasteiger partial charge in [-0.25, -0.2) is 0 Å². The van der Waals surface area contributed by atoms with Crippen molar-refractivity contribution in [1.29, 1.82) is 0 Å². The lowest BCUT2D eigenvalue weighted by Gasteiger charge is -2.14. The zero-order chi connectivity index (χ0) is 24.0. The van der Waals surface area contributed by atoms with Gasteiger partial charge in [0.1, 0.15) is 0 Å². The van der Waals surface area contributed by atoms with E-state index in [4.69, 9.17) is 4.99 Å². The molecule has 174 valence electrons. The Morgan fingerprint density at radius 2 is 1.76 bits per heavy atom. The van der Waals surface area contributed by atoms with Crippen LogP contribution in [0.25, 0.3) is 0 Å². The van der Waals surface area contributed by atoms with Gasteiger partial charge in [-0.1, -0.05) is 44.2 Å². The molecule has 0 saturated heterocycles. The van der Waals surface area contributed by atoms with Gasteiger partial charge in [0.15, 0.2) is 0 Å². The van der Waals surface area contributed by atoms with Gasteiger partial charge in [-0.3, -0.25) is 19.8 Å². The first-order valence-corrected chi connectivity index (χ1v) is 11.6. The average molecular weight is 446 g/mol.